The fourth-order valence-corrected chi connectivity index (χ4v) is 2.30. The number of benzene rings is 1. The van der Waals surface area contributed by atoms with Gasteiger partial charge in [0.25, 0.3) is 0 Å². The molecule has 1 N–H and O–H groups in total. The number of hydrogen-bond donors (Lipinski definition) is 1. The van der Waals surface area contributed by atoms with Crippen molar-refractivity contribution in [3.63, 3.8) is 0 Å². The Bertz CT molecular complexity index is 517. The first-order chi connectivity index (χ1) is 9.22. The predicted molar refractivity (Wildman–Crippen MR) is 83.6 cm³/mol. The van der Waals surface area contributed by atoms with Gasteiger partial charge >= 0.3 is 0 Å². The van der Waals surface area contributed by atoms with E-state index in [0.29, 0.717) is 0 Å². The van der Waals surface area contributed by atoms with Crippen LogP contribution in [0.3, 0.4) is 0 Å². The van der Waals surface area contributed by atoms with Gasteiger partial charge in [-0.3, -0.25) is 4.68 Å². The fourth-order valence-electron chi connectivity index (χ4n) is 2.04. The molecule has 0 unspecified atom stereocenters. The highest BCUT2D eigenvalue weighted by molar-refractivity contribution is 9.10. The van der Waals surface area contributed by atoms with Gasteiger partial charge in [-0.05, 0) is 43.2 Å². The third-order valence-electron chi connectivity index (χ3n) is 3.14. The van der Waals surface area contributed by atoms with E-state index in [1.165, 1.54) is 11.4 Å². The molecule has 19 heavy (non-hydrogen) atoms. The van der Waals surface area contributed by atoms with Crippen molar-refractivity contribution >= 4 is 21.6 Å². The molecule has 1 aromatic carbocycles. The number of nitrogens with one attached hydrogen (secondary N) is 1. The monoisotopic (exact) mass is 321 g/mol. The van der Waals surface area contributed by atoms with Crippen molar-refractivity contribution in [3.05, 3.63) is 46.2 Å². The fraction of sp³-hybridized carbons (Fsp3) is 0.400. The van der Waals surface area contributed by atoms with E-state index in [1.807, 2.05) is 12.1 Å². The Morgan fingerprint density at radius 1 is 1.16 bits per heavy atom. The summed E-state index contributed by atoms with van der Waals surface area (Å²) < 4.78 is 3.22. The van der Waals surface area contributed by atoms with E-state index in [9.17, 15) is 0 Å². The maximum absolute atomic E-state index is 4.61. The number of halogens is 1. The molecule has 1 heterocycles. The Labute approximate surface area is 123 Å². The Hall–Kier alpha value is -1.29. The minimum Gasteiger partial charge on any atom is -0.383 e. The van der Waals surface area contributed by atoms with Crippen LogP contribution < -0.4 is 5.32 Å². The summed E-state index contributed by atoms with van der Waals surface area (Å²) in [5.41, 5.74) is 3.64. The summed E-state index contributed by atoms with van der Waals surface area (Å²) in [5.74, 6) is 0. The smallest absolute Gasteiger partial charge is 0.0624 e. The van der Waals surface area contributed by atoms with Crippen molar-refractivity contribution in [3.8, 4) is 0 Å². The van der Waals surface area contributed by atoms with E-state index >= 15 is 0 Å². The molecule has 3 nitrogen and oxygen atoms in total. The third kappa shape index (κ3) is 3.83. The van der Waals surface area contributed by atoms with Gasteiger partial charge in [-0.2, -0.15) is 5.10 Å². The zero-order valence-electron chi connectivity index (χ0n) is 11.5. The average molecular weight is 322 g/mol. The first-order valence-corrected chi connectivity index (χ1v) is 7.57. The van der Waals surface area contributed by atoms with Crippen LogP contribution in [0.15, 0.2) is 34.8 Å². The standard InChI is InChI=1S/C15H20BrN3/c1-3-13-11-15(4-2)19(18-13)10-9-17-14-7-5-12(16)6-8-14/h5-8,11,17H,3-4,9-10H2,1-2H3. The van der Waals surface area contributed by atoms with Gasteiger partial charge in [-0.25, -0.2) is 0 Å². The molecule has 102 valence electrons. The largest absolute Gasteiger partial charge is 0.383 e. The summed E-state index contributed by atoms with van der Waals surface area (Å²) in [7, 11) is 0. The number of aromatic nitrogens is 2. The van der Waals surface area contributed by atoms with Crippen molar-refractivity contribution in [2.45, 2.75) is 33.2 Å². The minimum absolute atomic E-state index is 0.888. The van der Waals surface area contributed by atoms with E-state index in [1.54, 1.807) is 0 Å². The SMILES string of the molecule is CCc1cc(CC)n(CCNc2ccc(Br)cc2)n1. The lowest BCUT2D eigenvalue weighted by Crippen LogP contribution is -2.13. The Balaban J connectivity index is 1.91. The zero-order valence-corrected chi connectivity index (χ0v) is 13.1. The highest BCUT2D eigenvalue weighted by atomic mass is 79.9. The van der Waals surface area contributed by atoms with Crippen LogP contribution in [0, 0.1) is 0 Å². The molecule has 0 fully saturated rings. The summed E-state index contributed by atoms with van der Waals surface area (Å²) in [5, 5.41) is 8.03. The molecule has 0 saturated carbocycles. The number of anilines is 1. The molecule has 2 aromatic rings. The van der Waals surface area contributed by atoms with E-state index < -0.39 is 0 Å². The topological polar surface area (TPSA) is 29.9 Å². The Morgan fingerprint density at radius 3 is 2.53 bits per heavy atom. The number of aryl methyl sites for hydroxylation is 2. The molecular formula is C15H20BrN3. The van der Waals surface area contributed by atoms with E-state index in [4.69, 9.17) is 0 Å². The van der Waals surface area contributed by atoms with Crippen molar-refractivity contribution in [1.82, 2.24) is 9.78 Å². The molecule has 0 spiro atoms. The first kappa shape index (κ1) is 14.1. The van der Waals surface area contributed by atoms with Gasteiger partial charge in [0.05, 0.1) is 12.2 Å². The van der Waals surface area contributed by atoms with Crippen LogP contribution in [-0.4, -0.2) is 16.3 Å². The number of nitrogens with zero attached hydrogens (tertiary/aromatic N) is 2. The van der Waals surface area contributed by atoms with E-state index in [-0.39, 0.29) is 0 Å². The van der Waals surface area contributed by atoms with Gasteiger partial charge in [-0.15, -0.1) is 0 Å². The second-order valence-electron chi connectivity index (χ2n) is 4.49. The Morgan fingerprint density at radius 2 is 1.89 bits per heavy atom. The molecule has 1 aromatic heterocycles. The molecular weight excluding hydrogens is 302 g/mol. The van der Waals surface area contributed by atoms with Crippen LogP contribution in [0.4, 0.5) is 5.69 Å². The van der Waals surface area contributed by atoms with Gasteiger partial charge in [0.15, 0.2) is 0 Å². The van der Waals surface area contributed by atoms with Crippen LogP contribution in [-0.2, 0) is 19.4 Å². The lowest BCUT2D eigenvalue weighted by molar-refractivity contribution is 0.600. The van der Waals surface area contributed by atoms with Crippen LogP contribution >= 0.6 is 15.9 Å². The quantitative estimate of drug-likeness (QED) is 0.874. The Kier molecular flexibility index (Phi) is 5.02. The molecule has 0 radical (unpaired) electrons. The molecule has 2 rings (SSSR count). The van der Waals surface area contributed by atoms with Gasteiger partial charge in [0.1, 0.15) is 0 Å². The molecule has 0 atom stereocenters. The van der Waals surface area contributed by atoms with Crippen molar-refractivity contribution in [2.24, 2.45) is 0 Å². The van der Waals surface area contributed by atoms with E-state index in [2.05, 4.69) is 63.1 Å². The highest BCUT2D eigenvalue weighted by Crippen LogP contribution is 2.14. The van der Waals surface area contributed by atoms with Crippen molar-refractivity contribution in [2.75, 3.05) is 11.9 Å². The van der Waals surface area contributed by atoms with Crippen molar-refractivity contribution < 1.29 is 0 Å². The minimum atomic E-state index is 0.888. The molecule has 0 saturated heterocycles. The van der Waals surface area contributed by atoms with E-state index in [0.717, 1.165) is 36.1 Å². The second kappa shape index (κ2) is 6.75. The summed E-state index contributed by atoms with van der Waals surface area (Å²) in [6.07, 6.45) is 2.03. The maximum atomic E-state index is 4.61. The molecule has 0 aliphatic heterocycles. The summed E-state index contributed by atoms with van der Waals surface area (Å²) in [6, 6.07) is 10.4. The zero-order chi connectivity index (χ0) is 13.7. The number of hydrogen-bond acceptors (Lipinski definition) is 2. The van der Waals surface area contributed by atoms with Crippen LogP contribution in [0.5, 0.6) is 0 Å². The van der Waals surface area contributed by atoms with Crippen LogP contribution in [0.25, 0.3) is 0 Å². The van der Waals surface area contributed by atoms with Crippen molar-refractivity contribution in [1.29, 1.82) is 0 Å². The molecule has 0 aliphatic carbocycles. The highest BCUT2D eigenvalue weighted by Gasteiger charge is 2.04. The molecule has 4 heteroatoms. The first-order valence-electron chi connectivity index (χ1n) is 6.78. The lowest BCUT2D eigenvalue weighted by Gasteiger charge is -2.08. The van der Waals surface area contributed by atoms with Gasteiger partial charge in [0, 0.05) is 22.4 Å². The maximum Gasteiger partial charge on any atom is 0.0624 e. The molecule has 0 aliphatic rings. The lowest BCUT2D eigenvalue weighted by atomic mass is 10.2. The third-order valence-corrected chi connectivity index (χ3v) is 3.66. The van der Waals surface area contributed by atoms with Crippen LogP contribution in [0.1, 0.15) is 25.2 Å². The van der Waals surface area contributed by atoms with Crippen LogP contribution in [0.2, 0.25) is 0 Å². The van der Waals surface area contributed by atoms with Gasteiger partial charge < -0.3 is 5.32 Å². The summed E-state index contributed by atoms with van der Waals surface area (Å²) in [4.78, 5) is 0. The van der Waals surface area contributed by atoms with Gasteiger partial charge in [0.2, 0.25) is 0 Å². The molecule has 0 bridgehead atoms. The number of rotatable bonds is 6. The second-order valence-corrected chi connectivity index (χ2v) is 5.41. The van der Waals surface area contributed by atoms with Gasteiger partial charge in [-0.1, -0.05) is 29.8 Å². The average Bonchev–Trinajstić information content (AvgIpc) is 2.83. The molecule has 0 amide bonds. The summed E-state index contributed by atoms with van der Waals surface area (Å²) >= 11 is 3.44. The normalized spacial score (nSPS) is 10.7. The summed E-state index contributed by atoms with van der Waals surface area (Å²) in [6.45, 7) is 6.11. The predicted octanol–water partition coefficient (Wildman–Crippen LogP) is 3.88.